The molecule has 5 heteroatoms. The molecule has 0 spiro atoms. The van der Waals surface area contributed by atoms with E-state index in [0.717, 1.165) is 58.7 Å². The van der Waals surface area contributed by atoms with E-state index in [2.05, 4.69) is 45.0 Å². The Morgan fingerprint density at radius 2 is 1.59 bits per heavy atom. The van der Waals surface area contributed by atoms with Crippen molar-refractivity contribution in [3.63, 3.8) is 0 Å². The Kier molecular flexibility index (Phi) is 6.90. The van der Waals surface area contributed by atoms with Crippen molar-refractivity contribution in [1.82, 2.24) is 14.7 Å². The Balaban J connectivity index is 1.36. The third-order valence-electron chi connectivity index (χ3n) is 5.50. The van der Waals surface area contributed by atoms with Gasteiger partial charge in [0.05, 0.1) is 6.54 Å². The number of nitrogens with zero attached hydrogens (tertiary/aromatic N) is 3. The molecule has 0 bridgehead atoms. The van der Waals surface area contributed by atoms with Crippen LogP contribution in [0.3, 0.4) is 0 Å². The highest BCUT2D eigenvalue weighted by molar-refractivity contribution is 5.72. The van der Waals surface area contributed by atoms with Gasteiger partial charge < -0.3 is 4.74 Å². The number of ether oxygens (including phenoxy) is 1. The van der Waals surface area contributed by atoms with Crippen LogP contribution in [-0.2, 0) is 16.1 Å². The van der Waals surface area contributed by atoms with E-state index in [1.807, 2.05) is 20.8 Å². The first-order chi connectivity index (χ1) is 12.9. The second-order valence-electron chi connectivity index (χ2n) is 8.89. The van der Waals surface area contributed by atoms with E-state index in [1.165, 1.54) is 5.56 Å². The van der Waals surface area contributed by atoms with E-state index in [0.29, 0.717) is 12.6 Å². The molecule has 2 aliphatic rings. The SMILES string of the molecule is CC(C)(C)OC(=O)CN1CCC(N2CCN(Cc3ccccc3)CC2)CC1. The summed E-state index contributed by atoms with van der Waals surface area (Å²) in [5.41, 5.74) is 1.01. The van der Waals surface area contributed by atoms with Crippen LogP contribution in [0.15, 0.2) is 30.3 Å². The van der Waals surface area contributed by atoms with E-state index < -0.39 is 5.60 Å². The van der Waals surface area contributed by atoms with Gasteiger partial charge >= 0.3 is 5.97 Å². The lowest BCUT2D eigenvalue weighted by Crippen LogP contribution is -2.53. The van der Waals surface area contributed by atoms with Crippen molar-refractivity contribution in [3.8, 4) is 0 Å². The normalized spacial score (nSPS) is 21.3. The zero-order valence-corrected chi connectivity index (χ0v) is 17.2. The summed E-state index contributed by atoms with van der Waals surface area (Å²) >= 11 is 0. The van der Waals surface area contributed by atoms with Crippen molar-refractivity contribution in [2.24, 2.45) is 0 Å². The molecule has 0 aliphatic carbocycles. The summed E-state index contributed by atoms with van der Waals surface area (Å²) in [5, 5.41) is 0. The van der Waals surface area contributed by atoms with Crippen LogP contribution in [0.1, 0.15) is 39.2 Å². The second-order valence-corrected chi connectivity index (χ2v) is 8.89. The summed E-state index contributed by atoms with van der Waals surface area (Å²) in [7, 11) is 0. The maximum absolute atomic E-state index is 12.0. The number of hydrogen-bond donors (Lipinski definition) is 0. The lowest BCUT2D eigenvalue weighted by atomic mass is 10.0. The molecule has 0 atom stereocenters. The van der Waals surface area contributed by atoms with Crippen LogP contribution in [0.2, 0.25) is 0 Å². The molecule has 0 N–H and O–H groups in total. The van der Waals surface area contributed by atoms with Crippen LogP contribution in [0.4, 0.5) is 0 Å². The van der Waals surface area contributed by atoms with Crippen LogP contribution < -0.4 is 0 Å². The van der Waals surface area contributed by atoms with Crippen molar-refractivity contribution < 1.29 is 9.53 Å². The highest BCUT2D eigenvalue weighted by Gasteiger charge is 2.28. The number of benzene rings is 1. The zero-order chi connectivity index (χ0) is 19.3. The third-order valence-corrected chi connectivity index (χ3v) is 5.50. The molecule has 2 heterocycles. The van der Waals surface area contributed by atoms with Gasteiger partial charge in [0.2, 0.25) is 0 Å². The average Bonchev–Trinajstić information content (AvgIpc) is 2.62. The van der Waals surface area contributed by atoms with E-state index in [9.17, 15) is 4.79 Å². The van der Waals surface area contributed by atoms with Crippen LogP contribution in [0.25, 0.3) is 0 Å². The Labute approximate surface area is 164 Å². The minimum Gasteiger partial charge on any atom is -0.459 e. The van der Waals surface area contributed by atoms with Crippen LogP contribution in [0.5, 0.6) is 0 Å². The molecule has 0 unspecified atom stereocenters. The molecule has 2 saturated heterocycles. The summed E-state index contributed by atoms with van der Waals surface area (Å²) in [6.45, 7) is 13.9. The van der Waals surface area contributed by atoms with Gasteiger partial charge in [0.1, 0.15) is 5.60 Å². The number of piperazine rings is 1. The van der Waals surface area contributed by atoms with Crippen molar-refractivity contribution in [2.45, 2.75) is 51.8 Å². The molecule has 2 fully saturated rings. The lowest BCUT2D eigenvalue weighted by Gasteiger charge is -2.42. The molecule has 27 heavy (non-hydrogen) atoms. The fraction of sp³-hybridized carbons (Fsp3) is 0.682. The topological polar surface area (TPSA) is 36.0 Å². The number of piperidine rings is 1. The number of rotatable bonds is 5. The molecule has 150 valence electrons. The quantitative estimate of drug-likeness (QED) is 0.742. The van der Waals surface area contributed by atoms with Crippen LogP contribution in [0, 0.1) is 0 Å². The largest absolute Gasteiger partial charge is 0.459 e. The Hall–Kier alpha value is -1.43. The van der Waals surface area contributed by atoms with Gasteiger partial charge in [-0.1, -0.05) is 30.3 Å². The summed E-state index contributed by atoms with van der Waals surface area (Å²) in [5.74, 6) is -0.101. The molecule has 0 saturated carbocycles. The van der Waals surface area contributed by atoms with Gasteiger partial charge in [0, 0.05) is 51.9 Å². The first kappa shape index (κ1) is 20.3. The van der Waals surface area contributed by atoms with Gasteiger partial charge in [-0.25, -0.2) is 0 Å². The van der Waals surface area contributed by atoms with Gasteiger partial charge in [-0.05, 0) is 39.2 Å². The molecule has 3 rings (SSSR count). The Bertz CT molecular complexity index is 583. The van der Waals surface area contributed by atoms with Crippen molar-refractivity contribution in [1.29, 1.82) is 0 Å². The minimum atomic E-state index is -0.394. The molecule has 1 aromatic rings. The van der Waals surface area contributed by atoms with Gasteiger partial charge in [0.25, 0.3) is 0 Å². The van der Waals surface area contributed by atoms with Crippen LogP contribution >= 0.6 is 0 Å². The second kappa shape index (κ2) is 9.18. The highest BCUT2D eigenvalue weighted by atomic mass is 16.6. The Morgan fingerprint density at radius 1 is 0.963 bits per heavy atom. The summed E-state index contributed by atoms with van der Waals surface area (Å²) in [4.78, 5) is 19.5. The van der Waals surface area contributed by atoms with E-state index in [-0.39, 0.29) is 5.97 Å². The summed E-state index contributed by atoms with van der Waals surface area (Å²) in [6.07, 6.45) is 2.31. The number of likely N-dealkylation sites (tertiary alicyclic amines) is 1. The predicted octanol–water partition coefficient (Wildman–Crippen LogP) is 2.61. The minimum absolute atomic E-state index is 0.101. The van der Waals surface area contributed by atoms with E-state index >= 15 is 0 Å². The molecular formula is C22H35N3O2. The smallest absolute Gasteiger partial charge is 0.320 e. The van der Waals surface area contributed by atoms with Crippen molar-refractivity contribution >= 4 is 5.97 Å². The number of carbonyl (C=O) groups is 1. The molecule has 0 aromatic heterocycles. The number of hydrogen-bond acceptors (Lipinski definition) is 5. The van der Waals surface area contributed by atoms with Gasteiger partial charge in [0.15, 0.2) is 0 Å². The number of carbonyl (C=O) groups excluding carboxylic acids is 1. The van der Waals surface area contributed by atoms with E-state index in [4.69, 9.17) is 4.74 Å². The summed E-state index contributed by atoms with van der Waals surface area (Å²) in [6, 6.07) is 11.4. The average molecular weight is 374 g/mol. The predicted molar refractivity (Wildman–Crippen MR) is 109 cm³/mol. The molecular weight excluding hydrogens is 338 g/mol. The Morgan fingerprint density at radius 3 is 2.19 bits per heavy atom. The molecule has 5 nitrogen and oxygen atoms in total. The first-order valence-corrected chi connectivity index (χ1v) is 10.3. The third kappa shape index (κ3) is 6.59. The standard InChI is InChI=1S/C22H35N3O2/c1-22(2,3)27-21(26)18-23-11-9-20(10-12-23)25-15-13-24(14-16-25)17-19-7-5-4-6-8-19/h4-8,20H,9-18H2,1-3H3. The molecule has 1 aromatic carbocycles. The molecule has 0 amide bonds. The fourth-order valence-corrected chi connectivity index (χ4v) is 4.13. The van der Waals surface area contributed by atoms with Crippen molar-refractivity contribution in [3.05, 3.63) is 35.9 Å². The van der Waals surface area contributed by atoms with Crippen LogP contribution in [-0.4, -0.2) is 78.1 Å². The lowest BCUT2D eigenvalue weighted by molar-refractivity contribution is -0.156. The van der Waals surface area contributed by atoms with E-state index in [1.54, 1.807) is 0 Å². The van der Waals surface area contributed by atoms with Gasteiger partial charge in [-0.15, -0.1) is 0 Å². The fourth-order valence-electron chi connectivity index (χ4n) is 4.13. The monoisotopic (exact) mass is 373 g/mol. The number of esters is 1. The maximum Gasteiger partial charge on any atom is 0.320 e. The highest BCUT2D eigenvalue weighted by Crippen LogP contribution is 2.19. The first-order valence-electron chi connectivity index (χ1n) is 10.3. The van der Waals surface area contributed by atoms with Gasteiger partial charge in [-0.3, -0.25) is 19.5 Å². The van der Waals surface area contributed by atoms with Crippen molar-refractivity contribution in [2.75, 3.05) is 45.8 Å². The molecule has 0 radical (unpaired) electrons. The van der Waals surface area contributed by atoms with Gasteiger partial charge in [-0.2, -0.15) is 0 Å². The molecule has 2 aliphatic heterocycles. The summed E-state index contributed by atoms with van der Waals surface area (Å²) < 4.78 is 5.45. The zero-order valence-electron chi connectivity index (χ0n) is 17.2. The maximum atomic E-state index is 12.0.